The van der Waals surface area contributed by atoms with Crippen molar-refractivity contribution in [2.24, 2.45) is 0 Å². The molecule has 6 heteroatoms. The summed E-state index contributed by atoms with van der Waals surface area (Å²) in [6.45, 7) is 2.88. The standard InChI is InChI=1S/C4H11FO2P2S/c1-3(2)10(6,7)4(5,8)9/h3H,8-9H2,1-2H3. The Morgan fingerprint density at radius 3 is 1.70 bits per heavy atom. The molecule has 2 unspecified atom stereocenters. The van der Waals surface area contributed by atoms with E-state index in [0.717, 1.165) is 0 Å². The largest absolute Gasteiger partial charge is 0.234 e. The van der Waals surface area contributed by atoms with Gasteiger partial charge in [-0.05, 0) is 13.8 Å². The molecule has 0 saturated carbocycles. The van der Waals surface area contributed by atoms with Crippen molar-refractivity contribution in [2.45, 2.75) is 23.6 Å². The predicted molar refractivity (Wildman–Crippen MR) is 47.3 cm³/mol. The topological polar surface area (TPSA) is 34.1 Å². The Hall–Kier alpha value is 0.740. The Balaban J connectivity index is 4.79. The molecule has 62 valence electrons. The zero-order chi connectivity index (χ0) is 8.58. The van der Waals surface area contributed by atoms with E-state index in [4.69, 9.17) is 0 Å². The summed E-state index contributed by atoms with van der Waals surface area (Å²) < 4.78 is 32.3. The molecule has 0 aromatic carbocycles. The Bertz CT molecular complexity index is 204. The maximum atomic E-state index is 12.8. The SMILES string of the molecule is CC(C)S(=O)(=O)C(F)(P)P. The number of hydrogen-bond donors (Lipinski definition) is 0. The van der Waals surface area contributed by atoms with Crippen LogP contribution in [0.2, 0.25) is 0 Å². The average molecular weight is 204 g/mol. The molecule has 0 fully saturated rings. The van der Waals surface area contributed by atoms with E-state index < -0.39 is 19.6 Å². The minimum absolute atomic E-state index is 0.688. The van der Waals surface area contributed by atoms with Gasteiger partial charge in [-0.15, -0.1) is 0 Å². The van der Waals surface area contributed by atoms with E-state index in [-0.39, 0.29) is 0 Å². The van der Waals surface area contributed by atoms with Gasteiger partial charge in [-0.1, -0.05) is 18.5 Å². The van der Waals surface area contributed by atoms with Gasteiger partial charge in [0.05, 0.1) is 5.25 Å². The number of alkyl halides is 1. The first-order valence-corrected chi connectivity index (χ1v) is 5.40. The fraction of sp³-hybridized carbons (Fsp3) is 1.00. The van der Waals surface area contributed by atoms with Gasteiger partial charge in [0.25, 0.3) is 0 Å². The predicted octanol–water partition coefficient (Wildman–Crippen LogP) is 1.14. The molecule has 0 aliphatic heterocycles. The quantitative estimate of drug-likeness (QED) is 0.632. The number of rotatable bonds is 2. The van der Waals surface area contributed by atoms with Crippen LogP contribution < -0.4 is 0 Å². The molecular formula is C4H11FO2P2S. The summed E-state index contributed by atoms with van der Waals surface area (Å²) >= 11 is 0. The molecular weight excluding hydrogens is 193 g/mol. The van der Waals surface area contributed by atoms with E-state index in [1.807, 2.05) is 0 Å². The average Bonchev–Trinajstić information content (AvgIpc) is 1.62. The lowest BCUT2D eigenvalue weighted by atomic mass is 10.6. The highest BCUT2D eigenvalue weighted by Gasteiger charge is 2.36. The third-order valence-corrected chi connectivity index (χ3v) is 5.14. The first-order chi connectivity index (χ1) is 4.19. The van der Waals surface area contributed by atoms with Crippen LogP contribution in [0.4, 0.5) is 4.39 Å². The van der Waals surface area contributed by atoms with Gasteiger partial charge in [0, 0.05) is 0 Å². The van der Waals surface area contributed by atoms with E-state index in [2.05, 4.69) is 0 Å². The van der Waals surface area contributed by atoms with Gasteiger partial charge in [0.1, 0.15) is 0 Å². The molecule has 0 bridgehead atoms. The molecule has 0 aromatic heterocycles. The first kappa shape index (κ1) is 10.7. The van der Waals surface area contributed by atoms with Crippen LogP contribution in [0.1, 0.15) is 13.8 Å². The van der Waals surface area contributed by atoms with Crippen molar-refractivity contribution in [3.8, 4) is 0 Å². The smallest absolute Gasteiger partial charge is 0.225 e. The maximum absolute atomic E-state index is 12.8. The molecule has 0 aliphatic rings. The van der Waals surface area contributed by atoms with Gasteiger partial charge < -0.3 is 0 Å². The second kappa shape index (κ2) is 3.00. The second-order valence-electron chi connectivity index (χ2n) is 2.29. The Kier molecular flexibility index (Phi) is 3.23. The molecule has 2 nitrogen and oxygen atoms in total. The third kappa shape index (κ3) is 2.11. The van der Waals surface area contributed by atoms with Crippen LogP contribution in [0, 0.1) is 0 Å². The van der Waals surface area contributed by atoms with Crippen molar-refractivity contribution in [1.82, 2.24) is 0 Å². The molecule has 0 heterocycles. The maximum Gasteiger partial charge on any atom is 0.234 e. The fourth-order valence-corrected chi connectivity index (χ4v) is 2.72. The van der Waals surface area contributed by atoms with E-state index in [1.165, 1.54) is 13.8 Å². The molecule has 0 aliphatic carbocycles. The zero-order valence-electron chi connectivity index (χ0n) is 5.83. The Morgan fingerprint density at radius 2 is 1.70 bits per heavy atom. The summed E-state index contributed by atoms with van der Waals surface area (Å²) in [5.41, 5.74) is 0. The molecule has 0 amide bonds. The van der Waals surface area contributed by atoms with Crippen molar-refractivity contribution in [3.05, 3.63) is 0 Å². The van der Waals surface area contributed by atoms with Gasteiger partial charge in [-0.2, -0.15) is 0 Å². The lowest BCUT2D eigenvalue weighted by Gasteiger charge is -2.17. The van der Waals surface area contributed by atoms with Crippen LogP contribution in [-0.4, -0.2) is 18.2 Å². The third-order valence-electron chi connectivity index (χ3n) is 1.06. The summed E-state index contributed by atoms with van der Waals surface area (Å²) in [5, 5.41) is -0.688. The van der Waals surface area contributed by atoms with Gasteiger partial charge >= 0.3 is 0 Å². The minimum atomic E-state index is -3.66. The summed E-state index contributed by atoms with van der Waals surface area (Å²) in [7, 11) is -0.380. The van der Waals surface area contributed by atoms with Crippen LogP contribution in [0.3, 0.4) is 0 Å². The molecule has 0 aromatic rings. The summed E-state index contributed by atoms with van der Waals surface area (Å²) in [6, 6.07) is 0. The van der Waals surface area contributed by atoms with Crippen LogP contribution in [0.25, 0.3) is 0 Å². The van der Waals surface area contributed by atoms with Crippen LogP contribution in [-0.2, 0) is 9.84 Å². The first-order valence-electron chi connectivity index (χ1n) is 2.69. The highest BCUT2D eigenvalue weighted by molar-refractivity contribution is 8.01. The number of sulfone groups is 1. The number of hydrogen-bond acceptors (Lipinski definition) is 2. The van der Waals surface area contributed by atoms with E-state index in [1.54, 1.807) is 18.5 Å². The molecule has 0 N–H and O–H groups in total. The monoisotopic (exact) mass is 204 g/mol. The summed E-state index contributed by atoms with van der Waals surface area (Å²) in [6.07, 6.45) is 0. The lowest BCUT2D eigenvalue weighted by molar-refractivity contribution is 0.477. The zero-order valence-corrected chi connectivity index (χ0v) is 8.96. The van der Waals surface area contributed by atoms with Crippen LogP contribution >= 0.6 is 18.5 Å². The minimum Gasteiger partial charge on any atom is -0.225 e. The van der Waals surface area contributed by atoms with Gasteiger partial charge in [0.2, 0.25) is 4.48 Å². The van der Waals surface area contributed by atoms with Crippen molar-refractivity contribution in [3.63, 3.8) is 0 Å². The van der Waals surface area contributed by atoms with Crippen molar-refractivity contribution >= 4 is 28.3 Å². The van der Waals surface area contributed by atoms with Gasteiger partial charge in [0.15, 0.2) is 9.84 Å². The summed E-state index contributed by atoms with van der Waals surface area (Å²) in [5.74, 6) is 0. The van der Waals surface area contributed by atoms with Gasteiger partial charge in [-0.25, -0.2) is 12.8 Å². The molecule has 0 rings (SSSR count). The van der Waals surface area contributed by atoms with Crippen molar-refractivity contribution in [1.29, 1.82) is 0 Å². The normalized spacial score (nSPS) is 14.2. The summed E-state index contributed by atoms with van der Waals surface area (Å²) in [4.78, 5) is 0. The van der Waals surface area contributed by atoms with Crippen LogP contribution in [0.5, 0.6) is 0 Å². The van der Waals surface area contributed by atoms with E-state index in [0.29, 0.717) is 0 Å². The Labute approximate surface area is 65.3 Å². The number of halogens is 1. The highest BCUT2D eigenvalue weighted by Crippen LogP contribution is 2.37. The molecule has 10 heavy (non-hydrogen) atoms. The van der Waals surface area contributed by atoms with E-state index in [9.17, 15) is 12.8 Å². The second-order valence-corrected chi connectivity index (χ2v) is 8.13. The molecule has 0 spiro atoms. The highest BCUT2D eigenvalue weighted by atomic mass is 32.2. The van der Waals surface area contributed by atoms with Crippen LogP contribution in [0.15, 0.2) is 0 Å². The van der Waals surface area contributed by atoms with Crippen molar-refractivity contribution < 1.29 is 12.8 Å². The lowest BCUT2D eigenvalue weighted by Crippen LogP contribution is -2.27. The Morgan fingerprint density at radius 1 is 1.40 bits per heavy atom. The van der Waals surface area contributed by atoms with E-state index >= 15 is 0 Å². The molecule has 0 radical (unpaired) electrons. The van der Waals surface area contributed by atoms with Crippen molar-refractivity contribution in [2.75, 3.05) is 0 Å². The molecule has 2 atom stereocenters. The fourth-order valence-electron chi connectivity index (χ4n) is 0.361. The van der Waals surface area contributed by atoms with Gasteiger partial charge in [-0.3, -0.25) is 0 Å². The molecule has 0 saturated heterocycles.